The zero-order valence-electron chi connectivity index (χ0n) is 12.3. The van der Waals surface area contributed by atoms with Crippen molar-refractivity contribution >= 4 is 11.7 Å². The summed E-state index contributed by atoms with van der Waals surface area (Å²) in [5, 5.41) is 0. The molecule has 20 heavy (non-hydrogen) atoms. The number of ketones is 1. The Labute approximate surface area is 119 Å². The minimum atomic E-state index is -0.251. The summed E-state index contributed by atoms with van der Waals surface area (Å²) >= 11 is 0. The Morgan fingerprint density at radius 1 is 1.10 bits per heavy atom. The van der Waals surface area contributed by atoms with Crippen molar-refractivity contribution in [3.8, 4) is 5.75 Å². The summed E-state index contributed by atoms with van der Waals surface area (Å²) in [5.41, 5.74) is 0.388. The molecule has 0 atom stereocenters. The van der Waals surface area contributed by atoms with E-state index in [4.69, 9.17) is 4.74 Å². The molecule has 0 radical (unpaired) electrons. The lowest BCUT2D eigenvalue weighted by molar-refractivity contribution is -0.120. The molecule has 0 aromatic heterocycles. The van der Waals surface area contributed by atoms with Gasteiger partial charge in [-0.3, -0.25) is 9.59 Å². The van der Waals surface area contributed by atoms with E-state index in [0.29, 0.717) is 31.5 Å². The maximum Gasteiger partial charge on any atom is 0.253 e. The van der Waals surface area contributed by atoms with Crippen LogP contribution in [0.5, 0.6) is 5.75 Å². The van der Waals surface area contributed by atoms with E-state index in [1.807, 2.05) is 32.9 Å². The van der Waals surface area contributed by atoms with Gasteiger partial charge in [0, 0.05) is 31.5 Å². The van der Waals surface area contributed by atoms with E-state index in [2.05, 4.69) is 0 Å². The molecule has 4 nitrogen and oxygen atoms in total. The van der Waals surface area contributed by atoms with Crippen LogP contribution in [0.1, 0.15) is 44.0 Å². The predicted molar refractivity (Wildman–Crippen MR) is 77.0 cm³/mol. The second kappa shape index (κ2) is 5.65. The summed E-state index contributed by atoms with van der Waals surface area (Å²) in [6, 6.07) is 7.18. The van der Waals surface area contributed by atoms with Crippen molar-refractivity contribution in [2.75, 3.05) is 13.1 Å². The van der Waals surface area contributed by atoms with Gasteiger partial charge in [0.1, 0.15) is 17.1 Å². The van der Waals surface area contributed by atoms with Crippen LogP contribution in [0.3, 0.4) is 0 Å². The SMILES string of the molecule is CC(C)(C)Oc1ccc(C(=O)N2CCC(=O)CC2)cc1. The summed E-state index contributed by atoms with van der Waals surface area (Å²) < 4.78 is 5.73. The highest BCUT2D eigenvalue weighted by Gasteiger charge is 2.22. The van der Waals surface area contributed by atoms with Crippen LogP contribution in [0.15, 0.2) is 24.3 Å². The summed E-state index contributed by atoms with van der Waals surface area (Å²) in [6.45, 7) is 7.00. The zero-order chi connectivity index (χ0) is 14.8. The maximum atomic E-state index is 12.3. The lowest BCUT2D eigenvalue weighted by Gasteiger charge is -2.26. The van der Waals surface area contributed by atoms with Crippen molar-refractivity contribution in [1.29, 1.82) is 0 Å². The molecular weight excluding hydrogens is 254 g/mol. The summed E-state index contributed by atoms with van der Waals surface area (Å²) in [7, 11) is 0. The predicted octanol–water partition coefficient (Wildman–Crippen LogP) is 2.67. The van der Waals surface area contributed by atoms with Gasteiger partial charge in [-0.15, -0.1) is 0 Å². The van der Waals surface area contributed by atoms with E-state index in [9.17, 15) is 9.59 Å². The van der Waals surface area contributed by atoms with E-state index in [-0.39, 0.29) is 17.3 Å². The Morgan fingerprint density at radius 3 is 2.15 bits per heavy atom. The van der Waals surface area contributed by atoms with Crippen LogP contribution in [-0.4, -0.2) is 35.3 Å². The largest absolute Gasteiger partial charge is 0.488 e. The number of piperidine rings is 1. The van der Waals surface area contributed by atoms with Crippen LogP contribution in [0, 0.1) is 0 Å². The molecule has 0 N–H and O–H groups in total. The van der Waals surface area contributed by atoms with Crippen LogP contribution in [0.25, 0.3) is 0 Å². The highest BCUT2D eigenvalue weighted by molar-refractivity contribution is 5.95. The number of likely N-dealkylation sites (tertiary alicyclic amines) is 1. The number of hydrogen-bond acceptors (Lipinski definition) is 3. The zero-order valence-corrected chi connectivity index (χ0v) is 12.3. The lowest BCUT2D eigenvalue weighted by Crippen LogP contribution is -2.38. The maximum absolute atomic E-state index is 12.3. The molecule has 0 aliphatic carbocycles. The van der Waals surface area contributed by atoms with Crippen molar-refractivity contribution in [3.63, 3.8) is 0 Å². The van der Waals surface area contributed by atoms with E-state index in [1.54, 1.807) is 17.0 Å². The monoisotopic (exact) mass is 275 g/mol. The number of Topliss-reactive ketones (excluding diaryl/α,β-unsaturated/α-hetero) is 1. The summed E-state index contributed by atoms with van der Waals surface area (Å²) in [6.07, 6.45) is 0.938. The second-order valence-corrected chi connectivity index (χ2v) is 6.07. The van der Waals surface area contributed by atoms with Crippen LogP contribution in [0.4, 0.5) is 0 Å². The molecule has 1 fully saturated rings. The minimum Gasteiger partial charge on any atom is -0.488 e. The van der Waals surface area contributed by atoms with Gasteiger partial charge in [0.2, 0.25) is 0 Å². The molecule has 1 heterocycles. The number of nitrogens with zero attached hydrogens (tertiary/aromatic N) is 1. The third-order valence-electron chi connectivity index (χ3n) is 3.13. The third kappa shape index (κ3) is 3.83. The van der Waals surface area contributed by atoms with E-state index < -0.39 is 0 Å². The fourth-order valence-corrected chi connectivity index (χ4v) is 2.16. The number of carbonyl (C=O) groups is 2. The number of hydrogen-bond donors (Lipinski definition) is 0. The molecule has 1 aromatic rings. The van der Waals surface area contributed by atoms with Crippen LogP contribution >= 0.6 is 0 Å². The van der Waals surface area contributed by atoms with Crippen LogP contribution in [-0.2, 0) is 4.79 Å². The van der Waals surface area contributed by atoms with Gasteiger partial charge in [0.05, 0.1) is 0 Å². The fourth-order valence-electron chi connectivity index (χ4n) is 2.16. The first kappa shape index (κ1) is 14.6. The highest BCUT2D eigenvalue weighted by atomic mass is 16.5. The number of benzene rings is 1. The highest BCUT2D eigenvalue weighted by Crippen LogP contribution is 2.19. The van der Waals surface area contributed by atoms with Crippen molar-refractivity contribution in [1.82, 2.24) is 4.90 Å². The molecule has 2 rings (SSSR count). The van der Waals surface area contributed by atoms with Gasteiger partial charge in [0.25, 0.3) is 5.91 Å². The van der Waals surface area contributed by atoms with E-state index >= 15 is 0 Å². The number of rotatable bonds is 2. The van der Waals surface area contributed by atoms with Crippen LogP contribution < -0.4 is 4.74 Å². The molecule has 108 valence electrons. The molecule has 1 amide bonds. The number of ether oxygens (including phenoxy) is 1. The molecule has 0 bridgehead atoms. The minimum absolute atomic E-state index is 0.0141. The first-order valence-corrected chi connectivity index (χ1v) is 6.95. The Hall–Kier alpha value is -1.84. The molecule has 1 aliphatic heterocycles. The van der Waals surface area contributed by atoms with Gasteiger partial charge in [-0.25, -0.2) is 0 Å². The molecular formula is C16H21NO3. The molecule has 0 saturated carbocycles. The average Bonchev–Trinajstić information content (AvgIpc) is 2.38. The number of amides is 1. The molecule has 1 saturated heterocycles. The molecule has 4 heteroatoms. The smallest absolute Gasteiger partial charge is 0.253 e. The Kier molecular flexibility index (Phi) is 4.12. The normalized spacial score (nSPS) is 16.1. The van der Waals surface area contributed by atoms with Gasteiger partial charge in [-0.1, -0.05) is 0 Å². The van der Waals surface area contributed by atoms with Gasteiger partial charge in [-0.2, -0.15) is 0 Å². The Bertz CT molecular complexity index is 489. The van der Waals surface area contributed by atoms with Gasteiger partial charge in [0.15, 0.2) is 0 Å². The Balaban J connectivity index is 2.02. The summed E-state index contributed by atoms with van der Waals surface area (Å²) in [4.78, 5) is 25.2. The van der Waals surface area contributed by atoms with Crippen molar-refractivity contribution in [2.45, 2.75) is 39.2 Å². The molecule has 0 spiro atoms. The van der Waals surface area contributed by atoms with Gasteiger partial charge >= 0.3 is 0 Å². The standard InChI is InChI=1S/C16H21NO3/c1-16(2,3)20-14-6-4-12(5-7-14)15(19)17-10-8-13(18)9-11-17/h4-7H,8-11H2,1-3H3. The van der Waals surface area contributed by atoms with Crippen molar-refractivity contribution in [2.24, 2.45) is 0 Å². The molecule has 1 aliphatic rings. The summed E-state index contributed by atoms with van der Waals surface area (Å²) in [5.74, 6) is 0.977. The Morgan fingerprint density at radius 2 is 1.65 bits per heavy atom. The third-order valence-corrected chi connectivity index (χ3v) is 3.13. The van der Waals surface area contributed by atoms with E-state index in [0.717, 1.165) is 5.75 Å². The quantitative estimate of drug-likeness (QED) is 0.833. The number of carbonyl (C=O) groups excluding carboxylic acids is 2. The molecule has 0 unspecified atom stereocenters. The first-order chi connectivity index (χ1) is 9.35. The van der Waals surface area contributed by atoms with Crippen molar-refractivity contribution in [3.05, 3.63) is 29.8 Å². The second-order valence-electron chi connectivity index (χ2n) is 6.07. The lowest BCUT2D eigenvalue weighted by atomic mass is 10.1. The van der Waals surface area contributed by atoms with Crippen LogP contribution in [0.2, 0.25) is 0 Å². The van der Waals surface area contributed by atoms with Crippen molar-refractivity contribution < 1.29 is 14.3 Å². The van der Waals surface area contributed by atoms with Gasteiger partial charge < -0.3 is 9.64 Å². The average molecular weight is 275 g/mol. The topological polar surface area (TPSA) is 46.6 Å². The molecule has 1 aromatic carbocycles. The first-order valence-electron chi connectivity index (χ1n) is 6.95. The fraction of sp³-hybridized carbons (Fsp3) is 0.500. The van der Waals surface area contributed by atoms with Gasteiger partial charge in [-0.05, 0) is 45.0 Å². The van der Waals surface area contributed by atoms with E-state index in [1.165, 1.54) is 0 Å².